The van der Waals surface area contributed by atoms with E-state index in [-0.39, 0.29) is 12.0 Å². The first kappa shape index (κ1) is 23.0. The number of hydrogen-bond acceptors (Lipinski definition) is 4. The minimum absolute atomic E-state index is 0.218. The molecule has 166 valence electrons. The summed E-state index contributed by atoms with van der Waals surface area (Å²) in [5.41, 5.74) is 4.14. The Kier molecular flexibility index (Phi) is 7.88. The fourth-order valence-corrected chi connectivity index (χ4v) is 3.54. The fourth-order valence-electron chi connectivity index (χ4n) is 3.54. The van der Waals surface area contributed by atoms with E-state index < -0.39 is 0 Å². The Morgan fingerprint density at radius 1 is 1.03 bits per heavy atom. The van der Waals surface area contributed by atoms with Crippen LogP contribution in [0.2, 0.25) is 0 Å². The largest absolute Gasteiger partial charge is 0.439 e. The van der Waals surface area contributed by atoms with E-state index in [2.05, 4.69) is 32.6 Å². The van der Waals surface area contributed by atoms with E-state index in [0.717, 1.165) is 41.5 Å². The predicted octanol–water partition coefficient (Wildman–Crippen LogP) is 5.51. The fraction of sp³-hybridized carbons (Fsp3) is 0.423. The summed E-state index contributed by atoms with van der Waals surface area (Å²) in [6.45, 7) is 12.6. The minimum atomic E-state index is -0.363. The molecule has 2 aromatic carbocycles. The Hall–Kier alpha value is -2.63. The summed E-state index contributed by atoms with van der Waals surface area (Å²) in [7, 11) is 0. The second kappa shape index (κ2) is 10.6. The highest BCUT2D eigenvalue weighted by Gasteiger charge is 2.23. The summed E-state index contributed by atoms with van der Waals surface area (Å²) >= 11 is 0. The number of aryl methyl sites for hydroxylation is 2. The zero-order valence-electron chi connectivity index (χ0n) is 19.4. The average Bonchev–Trinajstić information content (AvgIpc) is 3.05. The lowest BCUT2D eigenvalue weighted by molar-refractivity contribution is 0.0728. The molecule has 5 nitrogen and oxygen atoms in total. The van der Waals surface area contributed by atoms with Gasteiger partial charge in [0.2, 0.25) is 5.88 Å². The number of aliphatic hydroxyl groups excluding tert-OH is 1. The lowest BCUT2D eigenvalue weighted by Crippen LogP contribution is -2.35. The average molecular weight is 422 g/mol. The van der Waals surface area contributed by atoms with Crippen LogP contribution in [-0.4, -0.2) is 39.0 Å². The number of hydrogen-bond donors (Lipinski definition) is 1. The highest BCUT2D eigenvalue weighted by molar-refractivity contribution is 5.43. The second-order valence-corrected chi connectivity index (χ2v) is 8.58. The third kappa shape index (κ3) is 5.96. The molecule has 3 aromatic rings. The third-order valence-corrected chi connectivity index (χ3v) is 5.51. The molecule has 0 unspecified atom stereocenters. The maximum absolute atomic E-state index is 10.5. The molecule has 0 radical (unpaired) electrons. The molecule has 0 aliphatic rings. The van der Waals surface area contributed by atoms with Crippen molar-refractivity contribution in [1.82, 2.24) is 14.7 Å². The van der Waals surface area contributed by atoms with Crippen LogP contribution in [0.5, 0.6) is 11.6 Å². The number of ether oxygens (including phenoxy) is 1. The van der Waals surface area contributed by atoms with Crippen LogP contribution in [0.15, 0.2) is 54.6 Å². The monoisotopic (exact) mass is 421 g/mol. The van der Waals surface area contributed by atoms with Crippen molar-refractivity contribution < 1.29 is 9.84 Å². The topological polar surface area (TPSA) is 50.5 Å². The minimum Gasteiger partial charge on any atom is -0.439 e. The molecule has 1 aromatic heterocycles. The number of aromatic nitrogens is 2. The van der Waals surface area contributed by atoms with Crippen molar-refractivity contribution in [2.45, 2.75) is 53.7 Å². The Bertz CT molecular complexity index is 949. The van der Waals surface area contributed by atoms with Gasteiger partial charge in [-0.3, -0.25) is 4.90 Å². The van der Waals surface area contributed by atoms with Crippen molar-refractivity contribution in [3.8, 4) is 17.3 Å². The molecule has 0 fully saturated rings. The molecule has 5 heteroatoms. The molecule has 1 N–H and O–H groups in total. The summed E-state index contributed by atoms with van der Waals surface area (Å²) in [6.07, 6.45) is 0.655. The molecular weight excluding hydrogens is 386 g/mol. The summed E-state index contributed by atoms with van der Waals surface area (Å²) in [5.74, 6) is 1.73. The third-order valence-electron chi connectivity index (χ3n) is 5.51. The molecule has 1 heterocycles. The number of rotatable bonds is 10. The zero-order chi connectivity index (χ0) is 22.4. The van der Waals surface area contributed by atoms with Gasteiger partial charge in [0.1, 0.15) is 5.75 Å². The Balaban J connectivity index is 1.99. The van der Waals surface area contributed by atoms with Gasteiger partial charge in [-0.05, 0) is 57.0 Å². The standard InChI is InChI=1S/C26H35N3O2/c1-6-16-28(18-25(30)19(2)3)17-24-21(5)27-29(22-10-8-7-9-11-22)26(24)31-23-14-12-20(4)13-15-23/h7-15,19,25,30H,6,16-18H2,1-5H3/t25-/m1/s1. The molecular formula is C26H35N3O2. The van der Waals surface area contributed by atoms with Crippen molar-refractivity contribution in [1.29, 1.82) is 0 Å². The zero-order valence-corrected chi connectivity index (χ0v) is 19.4. The second-order valence-electron chi connectivity index (χ2n) is 8.58. The molecule has 0 spiro atoms. The van der Waals surface area contributed by atoms with Crippen LogP contribution in [-0.2, 0) is 6.54 Å². The van der Waals surface area contributed by atoms with E-state index in [1.807, 2.05) is 66.2 Å². The van der Waals surface area contributed by atoms with Gasteiger partial charge in [0.15, 0.2) is 0 Å². The van der Waals surface area contributed by atoms with Crippen LogP contribution in [0.25, 0.3) is 5.69 Å². The van der Waals surface area contributed by atoms with Crippen molar-refractivity contribution in [3.05, 3.63) is 71.4 Å². The van der Waals surface area contributed by atoms with Crippen LogP contribution in [0.3, 0.4) is 0 Å². The van der Waals surface area contributed by atoms with E-state index in [1.54, 1.807) is 0 Å². The van der Waals surface area contributed by atoms with Gasteiger partial charge in [-0.25, -0.2) is 4.68 Å². The Labute approximate surface area is 186 Å². The normalized spacial score (nSPS) is 12.5. The molecule has 0 bridgehead atoms. The highest BCUT2D eigenvalue weighted by atomic mass is 16.5. The van der Waals surface area contributed by atoms with Crippen LogP contribution in [0, 0.1) is 19.8 Å². The van der Waals surface area contributed by atoms with Gasteiger partial charge in [-0.15, -0.1) is 0 Å². The number of aliphatic hydroxyl groups is 1. The van der Waals surface area contributed by atoms with Gasteiger partial charge in [-0.2, -0.15) is 5.10 Å². The van der Waals surface area contributed by atoms with Crippen LogP contribution < -0.4 is 4.74 Å². The summed E-state index contributed by atoms with van der Waals surface area (Å²) < 4.78 is 8.30. The molecule has 3 rings (SSSR count). The summed E-state index contributed by atoms with van der Waals surface area (Å²) in [5, 5.41) is 15.3. The van der Waals surface area contributed by atoms with Crippen LogP contribution in [0.1, 0.15) is 44.0 Å². The lowest BCUT2D eigenvalue weighted by Gasteiger charge is -2.26. The molecule has 1 atom stereocenters. The van der Waals surface area contributed by atoms with Crippen LogP contribution >= 0.6 is 0 Å². The van der Waals surface area contributed by atoms with Gasteiger partial charge in [0.25, 0.3) is 0 Å². The van der Waals surface area contributed by atoms with Crippen molar-refractivity contribution in [3.63, 3.8) is 0 Å². The lowest BCUT2D eigenvalue weighted by atomic mass is 10.1. The number of nitrogens with zero attached hydrogens (tertiary/aromatic N) is 3. The smallest absolute Gasteiger partial charge is 0.227 e. The molecule has 0 aliphatic heterocycles. The molecule has 31 heavy (non-hydrogen) atoms. The van der Waals surface area contributed by atoms with E-state index >= 15 is 0 Å². The van der Waals surface area contributed by atoms with Gasteiger partial charge < -0.3 is 9.84 Å². The van der Waals surface area contributed by atoms with Gasteiger partial charge in [0, 0.05) is 13.1 Å². The SMILES string of the molecule is CCCN(Cc1c(C)nn(-c2ccccc2)c1Oc1ccc(C)cc1)C[C@@H](O)C(C)C. The van der Waals surface area contributed by atoms with E-state index in [9.17, 15) is 5.11 Å². The predicted molar refractivity (Wildman–Crippen MR) is 126 cm³/mol. The number of benzene rings is 2. The van der Waals surface area contributed by atoms with E-state index in [1.165, 1.54) is 5.56 Å². The van der Waals surface area contributed by atoms with Crippen LogP contribution in [0.4, 0.5) is 0 Å². The van der Waals surface area contributed by atoms with Gasteiger partial charge in [-0.1, -0.05) is 56.7 Å². The summed E-state index contributed by atoms with van der Waals surface area (Å²) in [6, 6.07) is 18.1. The first-order valence-corrected chi connectivity index (χ1v) is 11.2. The Morgan fingerprint density at radius 3 is 2.32 bits per heavy atom. The van der Waals surface area contributed by atoms with Gasteiger partial charge in [0.05, 0.1) is 23.0 Å². The van der Waals surface area contributed by atoms with Crippen molar-refractivity contribution in [2.75, 3.05) is 13.1 Å². The number of para-hydroxylation sites is 1. The molecule has 0 saturated carbocycles. The first-order chi connectivity index (χ1) is 14.9. The maximum atomic E-state index is 10.5. The Morgan fingerprint density at radius 2 is 1.71 bits per heavy atom. The van der Waals surface area contributed by atoms with E-state index in [0.29, 0.717) is 13.1 Å². The first-order valence-electron chi connectivity index (χ1n) is 11.2. The summed E-state index contributed by atoms with van der Waals surface area (Å²) in [4.78, 5) is 2.30. The van der Waals surface area contributed by atoms with Gasteiger partial charge >= 0.3 is 0 Å². The van der Waals surface area contributed by atoms with Crippen molar-refractivity contribution >= 4 is 0 Å². The molecule has 0 amide bonds. The molecule has 0 aliphatic carbocycles. The van der Waals surface area contributed by atoms with Crippen molar-refractivity contribution in [2.24, 2.45) is 5.92 Å². The highest BCUT2D eigenvalue weighted by Crippen LogP contribution is 2.32. The van der Waals surface area contributed by atoms with E-state index in [4.69, 9.17) is 9.84 Å². The molecule has 0 saturated heterocycles. The maximum Gasteiger partial charge on any atom is 0.227 e. The quantitative estimate of drug-likeness (QED) is 0.469.